The molecule has 0 aliphatic rings. The van der Waals surface area contributed by atoms with Crippen molar-refractivity contribution in [3.63, 3.8) is 0 Å². The molecule has 0 radical (unpaired) electrons. The lowest BCUT2D eigenvalue weighted by Gasteiger charge is -2.27. The molecule has 0 unspecified atom stereocenters. The molecule has 206 valence electrons. The molecule has 0 spiro atoms. The Morgan fingerprint density at radius 1 is 0.500 bits per heavy atom. The van der Waals surface area contributed by atoms with Gasteiger partial charge in [-0.2, -0.15) is 0 Å². The maximum Gasteiger partial charge on any atom is 0.118 e. The van der Waals surface area contributed by atoms with E-state index in [1.807, 2.05) is 24.3 Å². The van der Waals surface area contributed by atoms with Gasteiger partial charge in [0.05, 0.1) is 14.2 Å². The van der Waals surface area contributed by atoms with Gasteiger partial charge in [-0.15, -0.1) is 0 Å². The zero-order valence-electron chi connectivity index (χ0n) is 25.0. The van der Waals surface area contributed by atoms with Crippen molar-refractivity contribution >= 4 is 16.7 Å². The number of hydrogen-bond acceptors (Lipinski definition) is 2. The highest BCUT2D eigenvalue weighted by atomic mass is 16.5. The third kappa shape index (κ3) is 6.39. The van der Waals surface area contributed by atoms with Gasteiger partial charge in [-0.05, 0) is 87.1 Å². The van der Waals surface area contributed by atoms with Gasteiger partial charge in [-0.3, -0.25) is 0 Å². The Hall–Kier alpha value is -4.04. The van der Waals surface area contributed by atoms with E-state index in [2.05, 4.69) is 113 Å². The topological polar surface area (TPSA) is 18.5 Å². The van der Waals surface area contributed by atoms with Crippen molar-refractivity contribution in [1.82, 2.24) is 0 Å². The second-order valence-corrected chi connectivity index (χ2v) is 11.1. The molecule has 0 atom stereocenters. The molecule has 0 aromatic heterocycles. The van der Waals surface area contributed by atoms with Gasteiger partial charge in [0.2, 0.25) is 0 Å². The molecule has 2 nitrogen and oxygen atoms in total. The molecule has 0 bridgehead atoms. The van der Waals surface area contributed by atoms with Crippen molar-refractivity contribution in [1.29, 1.82) is 0 Å². The quantitative estimate of drug-likeness (QED) is 0.200. The number of methoxy groups -OCH3 is 2. The molecule has 0 aliphatic heterocycles. The van der Waals surface area contributed by atoms with Gasteiger partial charge in [0.15, 0.2) is 0 Å². The molecule has 0 aliphatic carbocycles. The highest BCUT2D eigenvalue weighted by molar-refractivity contribution is 6.04. The molecular formula is C38H42O2. The second-order valence-electron chi connectivity index (χ2n) is 11.1. The highest BCUT2D eigenvalue weighted by Crippen LogP contribution is 2.41. The number of ether oxygens (including phenoxy) is 2. The first-order chi connectivity index (χ1) is 19.3. The third-order valence-electron chi connectivity index (χ3n) is 7.49. The van der Waals surface area contributed by atoms with Crippen LogP contribution in [0.4, 0.5) is 0 Å². The van der Waals surface area contributed by atoms with Gasteiger partial charge in [0.1, 0.15) is 11.5 Å². The van der Waals surface area contributed by atoms with E-state index in [9.17, 15) is 0 Å². The molecule has 0 amide bonds. The number of benzene rings is 4. The minimum Gasteiger partial charge on any atom is -0.497 e. The van der Waals surface area contributed by atoms with E-state index in [1.165, 1.54) is 39.0 Å². The second kappa shape index (κ2) is 12.9. The van der Waals surface area contributed by atoms with Crippen LogP contribution in [0.3, 0.4) is 0 Å². The van der Waals surface area contributed by atoms with Gasteiger partial charge >= 0.3 is 0 Å². The average Bonchev–Trinajstić information content (AvgIpc) is 2.99. The Kier molecular flexibility index (Phi) is 9.32. The van der Waals surface area contributed by atoms with Crippen molar-refractivity contribution < 1.29 is 9.47 Å². The van der Waals surface area contributed by atoms with E-state index in [-0.39, 0.29) is 5.41 Å². The lowest BCUT2D eigenvalue weighted by Crippen LogP contribution is -2.11. The fourth-order valence-electron chi connectivity index (χ4n) is 5.61. The minimum atomic E-state index is 0.0678. The van der Waals surface area contributed by atoms with Gasteiger partial charge in [0, 0.05) is 0 Å². The first kappa shape index (κ1) is 29.0. The maximum absolute atomic E-state index is 5.48. The smallest absolute Gasteiger partial charge is 0.118 e. The van der Waals surface area contributed by atoms with E-state index in [1.54, 1.807) is 14.2 Å². The van der Waals surface area contributed by atoms with Gasteiger partial charge < -0.3 is 9.47 Å². The van der Waals surface area contributed by atoms with Crippen LogP contribution in [0, 0.1) is 5.41 Å². The predicted octanol–water partition coefficient (Wildman–Crippen LogP) is 10.3. The first-order valence-corrected chi connectivity index (χ1v) is 14.2. The Morgan fingerprint density at radius 3 is 1.20 bits per heavy atom. The highest BCUT2D eigenvalue weighted by Gasteiger charge is 2.23. The standard InChI is InChI=1S/C38H42O2/c1-8-27(9-2)37(38(3,4)5)32-17-15-29(16-18-32)35(28-13-11-10-12-14-28)36(30-19-23-33(39-6)24-20-30)31-21-25-34(40-7)26-22-31/h10-26H,8-9H2,1-7H3. The summed E-state index contributed by atoms with van der Waals surface area (Å²) in [4.78, 5) is 0. The molecule has 2 heteroatoms. The van der Waals surface area contributed by atoms with Crippen LogP contribution in [0.5, 0.6) is 11.5 Å². The average molecular weight is 531 g/mol. The first-order valence-electron chi connectivity index (χ1n) is 14.2. The minimum absolute atomic E-state index is 0.0678. The normalized spacial score (nSPS) is 11.1. The zero-order valence-corrected chi connectivity index (χ0v) is 25.0. The predicted molar refractivity (Wildman–Crippen MR) is 171 cm³/mol. The van der Waals surface area contributed by atoms with Crippen LogP contribution in [0.25, 0.3) is 16.7 Å². The SMILES string of the molecule is CCC(CC)=C(c1ccc(C(=C(c2ccc(OC)cc2)c2ccc(OC)cc2)c2ccccc2)cc1)C(C)(C)C. The molecule has 0 saturated carbocycles. The summed E-state index contributed by atoms with van der Waals surface area (Å²) < 4.78 is 11.0. The zero-order chi connectivity index (χ0) is 28.7. The van der Waals surface area contributed by atoms with Crippen LogP contribution in [0.1, 0.15) is 75.3 Å². The van der Waals surface area contributed by atoms with Crippen LogP contribution in [-0.4, -0.2) is 14.2 Å². The molecule has 0 N–H and O–H groups in total. The van der Waals surface area contributed by atoms with Crippen molar-refractivity contribution in [2.75, 3.05) is 14.2 Å². The fraction of sp³-hybridized carbons (Fsp3) is 0.263. The molecule has 0 fully saturated rings. The summed E-state index contributed by atoms with van der Waals surface area (Å²) in [5, 5.41) is 0. The van der Waals surface area contributed by atoms with Crippen LogP contribution >= 0.6 is 0 Å². The van der Waals surface area contributed by atoms with Crippen LogP contribution < -0.4 is 9.47 Å². The molecule has 0 saturated heterocycles. The van der Waals surface area contributed by atoms with Crippen molar-refractivity contribution in [3.05, 3.63) is 137 Å². The molecule has 4 rings (SSSR count). The van der Waals surface area contributed by atoms with E-state index in [0.29, 0.717) is 0 Å². The lowest BCUT2D eigenvalue weighted by molar-refractivity contribution is 0.414. The lowest BCUT2D eigenvalue weighted by atomic mass is 9.77. The Bertz CT molecular complexity index is 1390. The third-order valence-corrected chi connectivity index (χ3v) is 7.49. The molecule has 4 aromatic carbocycles. The van der Waals surface area contributed by atoms with Gasteiger partial charge in [0.25, 0.3) is 0 Å². The van der Waals surface area contributed by atoms with E-state index in [4.69, 9.17) is 9.47 Å². The Morgan fingerprint density at radius 2 is 0.850 bits per heavy atom. The summed E-state index contributed by atoms with van der Waals surface area (Å²) in [6.45, 7) is 11.5. The Balaban J connectivity index is 2.01. The van der Waals surface area contributed by atoms with Crippen LogP contribution in [0.2, 0.25) is 0 Å². The van der Waals surface area contributed by atoms with Crippen LogP contribution in [-0.2, 0) is 0 Å². The summed E-state index contributed by atoms with van der Waals surface area (Å²) >= 11 is 0. The van der Waals surface area contributed by atoms with Gasteiger partial charge in [-0.25, -0.2) is 0 Å². The fourth-order valence-corrected chi connectivity index (χ4v) is 5.61. The molecule has 0 heterocycles. The summed E-state index contributed by atoms with van der Waals surface area (Å²) in [5.74, 6) is 1.68. The number of allylic oxidation sites excluding steroid dienone is 2. The summed E-state index contributed by atoms with van der Waals surface area (Å²) in [5.41, 5.74) is 11.3. The summed E-state index contributed by atoms with van der Waals surface area (Å²) in [6.07, 6.45) is 2.14. The van der Waals surface area contributed by atoms with E-state index in [0.717, 1.165) is 35.5 Å². The van der Waals surface area contributed by atoms with Crippen molar-refractivity contribution in [3.8, 4) is 11.5 Å². The van der Waals surface area contributed by atoms with E-state index >= 15 is 0 Å². The van der Waals surface area contributed by atoms with E-state index < -0.39 is 0 Å². The summed E-state index contributed by atoms with van der Waals surface area (Å²) in [6, 6.07) is 36.6. The molecule has 40 heavy (non-hydrogen) atoms. The largest absolute Gasteiger partial charge is 0.497 e. The van der Waals surface area contributed by atoms with Gasteiger partial charge in [-0.1, -0.05) is 119 Å². The molecular weight excluding hydrogens is 488 g/mol. The molecule has 4 aromatic rings. The monoisotopic (exact) mass is 530 g/mol. The maximum atomic E-state index is 5.48. The Labute approximate surface area is 241 Å². The summed E-state index contributed by atoms with van der Waals surface area (Å²) in [7, 11) is 3.41. The van der Waals surface area contributed by atoms with Crippen LogP contribution in [0.15, 0.2) is 109 Å². The van der Waals surface area contributed by atoms with Crippen molar-refractivity contribution in [2.45, 2.75) is 47.5 Å². The van der Waals surface area contributed by atoms with Crippen molar-refractivity contribution in [2.24, 2.45) is 5.41 Å². The number of rotatable bonds is 9. The number of hydrogen-bond donors (Lipinski definition) is 0.